The molecule has 0 aliphatic carbocycles. The van der Waals surface area contributed by atoms with E-state index in [1.54, 1.807) is 35.4 Å². The van der Waals surface area contributed by atoms with Crippen molar-refractivity contribution in [3.8, 4) is 5.82 Å². The van der Waals surface area contributed by atoms with E-state index in [0.29, 0.717) is 22.9 Å². The SMILES string of the molecule is Fc1cc(Cl)ccc1CNc1cccnc1-n1cncn1. The summed E-state index contributed by atoms with van der Waals surface area (Å²) in [5, 5.41) is 7.56. The summed E-state index contributed by atoms with van der Waals surface area (Å²) in [7, 11) is 0. The van der Waals surface area contributed by atoms with Gasteiger partial charge in [-0.15, -0.1) is 0 Å². The first-order chi connectivity index (χ1) is 10.2. The molecule has 0 radical (unpaired) electrons. The fourth-order valence-electron chi connectivity index (χ4n) is 1.89. The average molecular weight is 304 g/mol. The number of anilines is 1. The summed E-state index contributed by atoms with van der Waals surface area (Å²) < 4.78 is 15.3. The van der Waals surface area contributed by atoms with E-state index in [2.05, 4.69) is 20.4 Å². The Morgan fingerprint density at radius 3 is 2.95 bits per heavy atom. The second-order valence-electron chi connectivity index (χ2n) is 4.30. The number of hydrogen-bond donors (Lipinski definition) is 1. The molecule has 0 spiro atoms. The molecule has 5 nitrogen and oxygen atoms in total. The molecule has 0 amide bonds. The molecule has 3 aromatic rings. The number of aromatic nitrogens is 4. The summed E-state index contributed by atoms with van der Waals surface area (Å²) in [6.07, 6.45) is 4.64. The van der Waals surface area contributed by atoms with Crippen LogP contribution in [0.1, 0.15) is 5.56 Å². The third kappa shape index (κ3) is 3.00. The molecule has 0 fully saturated rings. The lowest BCUT2D eigenvalue weighted by Gasteiger charge is -2.11. The normalized spacial score (nSPS) is 10.6. The predicted molar refractivity (Wildman–Crippen MR) is 77.9 cm³/mol. The van der Waals surface area contributed by atoms with Crippen molar-refractivity contribution >= 4 is 17.3 Å². The maximum atomic E-state index is 13.8. The maximum Gasteiger partial charge on any atom is 0.178 e. The van der Waals surface area contributed by atoms with E-state index >= 15 is 0 Å². The first-order valence-electron chi connectivity index (χ1n) is 6.22. The number of rotatable bonds is 4. The van der Waals surface area contributed by atoms with Crippen LogP contribution >= 0.6 is 11.6 Å². The molecule has 2 heterocycles. The van der Waals surface area contributed by atoms with E-state index in [-0.39, 0.29) is 5.82 Å². The van der Waals surface area contributed by atoms with Crippen LogP contribution in [-0.4, -0.2) is 19.7 Å². The molecule has 106 valence electrons. The van der Waals surface area contributed by atoms with Crippen LogP contribution in [0.5, 0.6) is 0 Å². The van der Waals surface area contributed by atoms with Crippen LogP contribution in [0.4, 0.5) is 10.1 Å². The highest BCUT2D eigenvalue weighted by Gasteiger charge is 2.08. The summed E-state index contributed by atoms with van der Waals surface area (Å²) in [6.45, 7) is 0.316. The van der Waals surface area contributed by atoms with Gasteiger partial charge in [0, 0.05) is 23.3 Å². The molecule has 0 bridgehead atoms. The van der Waals surface area contributed by atoms with Crippen LogP contribution in [0.3, 0.4) is 0 Å². The zero-order valence-electron chi connectivity index (χ0n) is 10.9. The van der Waals surface area contributed by atoms with Crippen molar-refractivity contribution in [3.63, 3.8) is 0 Å². The van der Waals surface area contributed by atoms with Gasteiger partial charge in [0.15, 0.2) is 5.82 Å². The summed E-state index contributed by atoms with van der Waals surface area (Å²) in [4.78, 5) is 8.14. The Balaban J connectivity index is 1.83. The Morgan fingerprint density at radius 1 is 1.29 bits per heavy atom. The third-order valence-electron chi connectivity index (χ3n) is 2.91. The third-order valence-corrected chi connectivity index (χ3v) is 3.14. The van der Waals surface area contributed by atoms with Crippen molar-refractivity contribution in [2.75, 3.05) is 5.32 Å². The van der Waals surface area contributed by atoms with E-state index in [4.69, 9.17) is 11.6 Å². The van der Waals surface area contributed by atoms with Gasteiger partial charge in [-0.3, -0.25) is 0 Å². The monoisotopic (exact) mass is 303 g/mol. The smallest absolute Gasteiger partial charge is 0.178 e. The molecule has 0 aliphatic rings. The molecule has 1 N–H and O–H groups in total. The van der Waals surface area contributed by atoms with Crippen molar-refractivity contribution in [3.05, 3.63) is 65.6 Å². The Hall–Kier alpha value is -2.47. The fourth-order valence-corrected chi connectivity index (χ4v) is 2.05. The highest BCUT2D eigenvalue weighted by molar-refractivity contribution is 6.30. The summed E-state index contributed by atoms with van der Waals surface area (Å²) in [6, 6.07) is 8.23. The van der Waals surface area contributed by atoms with Crippen LogP contribution in [0.25, 0.3) is 5.82 Å². The van der Waals surface area contributed by atoms with Crippen molar-refractivity contribution in [2.45, 2.75) is 6.54 Å². The minimum absolute atomic E-state index is 0.316. The van der Waals surface area contributed by atoms with E-state index in [1.165, 1.54) is 12.4 Å². The molecule has 2 aromatic heterocycles. The summed E-state index contributed by atoms with van der Waals surface area (Å²) >= 11 is 5.74. The van der Waals surface area contributed by atoms with Gasteiger partial charge in [-0.25, -0.2) is 19.0 Å². The predicted octanol–water partition coefficient (Wildman–Crippen LogP) is 3.07. The molecule has 3 rings (SSSR count). The molecule has 7 heteroatoms. The van der Waals surface area contributed by atoms with Crippen molar-refractivity contribution in [1.82, 2.24) is 19.7 Å². The first-order valence-corrected chi connectivity index (χ1v) is 6.59. The highest BCUT2D eigenvalue weighted by atomic mass is 35.5. The molecule has 0 atom stereocenters. The van der Waals surface area contributed by atoms with Crippen LogP contribution in [-0.2, 0) is 6.54 Å². The van der Waals surface area contributed by atoms with E-state index in [1.807, 2.05) is 6.07 Å². The fraction of sp³-hybridized carbons (Fsp3) is 0.0714. The molecular formula is C14H11ClFN5. The topological polar surface area (TPSA) is 55.6 Å². The Bertz CT molecular complexity index is 745. The van der Waals surface area contributed by atoms with Crippen LogP contribution in [0, 0.1) is 5.82 Å². The Labute approximate surface area is 125 Å². The summed E-state index contributed by atoms with van der Waals surface area (Å²) in [5.41, 5.74) is 1.25. The lowest BCUT2D eigenvalue weighted by Crippen LogP contribution is -2.07. The van der Waals surface area contributed by atoms with Gasteiger partial charge in [-0.2, -0.15) is 5.10 Å². The van der Waals surface area contributed by atoms with Crippen LogP contribution in [0.15, 0.2) is 49.2 Å². The van der Waals surface area contributed by atoms with Crippen molar-refractivity contribution in [1.29, 1.82) is 0 Å². The maximum absolute atomic E-state index is 13.8. The van der Waals surface area contributed by atoms with Gasteiger partial charge < -0.3 is 5.32 Å². The van der Waals surface area contributed by atoms with Crippen molar-refractivity contribution < 1.29 is 4.39 Å². The molecular weight excluding hydrogens is 293 g/mol. The van der Waals surface area contributed by atoms with Crippen LogP contribution < -0.4 is 5.32 Å². The Morgan fingerprint density at radius 2 is 2.19 bits per heavy atom. The standard InChI is InChI=1S/C14H11ClFN5/c15-11-4-3-10(12(16)6-11)7-19-13-2-1-5-18-14(13)21-9-17-8-20-21/h1-6,8-9,19H,7H2. The van der Waals surface area contributed by atoms with Gasteiger partial charge in [0.05, 0.1) is 5.69 Å². The number of pyridine rings is 1. The second-order valence-corrected chi connectivity index (χ2v) is 4.74. The minimum Gasteiger partial charge on any atom is -0.378 e. The van der Waals surface area contributed by atoms with Gasteiger partial charge in [0.25, 0.3) is 0 Å². The first kappa shape index (κ1) is 13.5. The lowest BCUT2D eigenvalue weighted by molar-refractivity contribution is 0.613. The molecule has 21 heavy (non-hydrogen) atoms. The largest absolute Gasteiger partial charge is 0.378 e. The average Bonchev–Trinajstić information content (AvgIpc) is 3.01. The molecule has 1 aromatic carbocycles. The zero-order chi connectivity index (χ0) is 14.7. The van der Waals surface area contributed by atoms with E-state index in [9.17, 15) is 4.39 Å². The zero-order valence-corrected chi connectivity index (χ0v) is 11.6. The lowest BCUT2D eigenvalue weighted by atomic mass is 10.2. The van der Waals surface area contributed by atoms with Gasteiger partial charge in [0.1, 0.15) is 18.5 Å². The molecule has 0 saturated carbocycles. The number of hydrogen-bond acceptors (Lipinski definition) is 4. The van der Waals surface area contributed by atoms with E-state index in [0.717, 1.165) is 5.69 Å². The Kier molecular flexibility index (Phi) is 3.79. The van der Waals surface area contributed by atoms with Gasteiger partial charge in [-0.05, 0) is 24.3 Å². The van der Waals surface area contributed by atoms with Gasteiger partial charge in [-0.1, -0.05) is 17.7 Å². The highest BCUT2D eigenvalue weighted by Crippen LogP contribution is 2.19. The molecule has 0 aliphatic heterocycles. The number of nitrogens with zero attached hydrogens (tertiary/aromatic N) is 4. The number of benzene rings is 1. The second kappa shape index (κ2) is 5.88. The quantitative estimate of drug-likeness (QED) is 0.805. The van der Waals surface area contributed by atoms with E-state index < -0.39 is 0 Å². The molecule has 0 unspecified atom stereocenters. The minimum atomic E-state index is -0.346. The van der Waals surface area contributed by atoms with Gasteiger partial charge >= 0.3 is 0 Å². The number of halogens is 2. The summed E-state index contributed by atoms with van der Waals surface area (Å²) in [5.74, 6) is 0.255. The van der Waals surface area contributed by atoms with Crippen molar-refractivity contribution in [2.24, 2.45) is 0 Å². The molecule has 0 saturated heterocycles. The van der Waals surface area contributed by atoms with Crippen LogP contribution in [0.2, 0.25) is 5.02 Å². The van der Waals surface area contributed by atoms with Gasteiger partial charge in [0.2, 0.25) is 0 Å². The number of nitrogens with one attached hydrogen (secondary N) is 1.